The third kappa shape index (κ3) is 2.48. The van der Waals surface area contributed by atoms with Gasteiger partial charge in [0.05, 0.1) is 17.2 Å². The molecule has 0 amide bonds. The number of rotatable bonds is 4. The van der Waals surface area contributed by atoms with Crippen LogP contribution in [0.1, 0.15) is 36.4 Å². The van der Waals surface area contributed by atoms with Crippen LogP contribution >= 0.6 is 0 Å². The van der Waals surface area contributed by atoms with Gasteiger partial charge in [-0.25, -0.2) is 0 Å². The van der Waals surface area contributed by atoms with E-state index in [1.165, 1.54) is 19.2 Å². The lowest BCUT2D eigenvalue weighted by Crippen LogP contribution is -2.52. The van der Waals surface area contributed by atoms with Gasteiger partial charge in [-0.05, 0) is 30.9 Å². The molecule has 2 rings (SSSR count). The number of methoxy groups -OCH3 is 1. The first kappa shape index (κ1) is 14.3. The Kier molecular flexibility index (Phi) is 3.85. The minimum Gasteiger partial charge on any atom is -0.376 e. The van der Waals surface area contributed by atoms with Gasteiger partial charge >= 0.3 is 6.18 Å². The van der Waals surface area contributed by atoms with Crippen LogP contribution in [0.25, 0.3) is 0 Å². The molecule has 0 bridgehead atoms. The number of alkyl halides is 3. The first-order valence-corrected chi connectivity index (χ1v) is 6.12. The molecule has 3 N–H and O–H groups in total. The lowest BCUT2D eigenvalue weighted by molar-refractivity contribution is -0.141. The second-order valence-electron chi connectivity index (χ2n) is 4.81. The number of benzene rings is 1. The third-order valence-corrected chi connectivity index (χ3v) is 3.88. The highest BCUT2D eigenvalue weighted by Gasteiger charge is 2.47. The Balaban J connectivity index is 2.44. The fourth-order valence-corrected chi connectivity index (χ4v) is 2.67. The largest absolute Gasteiger partial charge is 0.416 e. The molecular formula is C13H17F3N2O. The summed E-state index contributed by atoms with van der Waals surface area (Å²) in [6.07, 6.45) is -2.07. The molecule has 1 aliphatic rings. The molecule has 0 heterocycles. The molecule has 3 nitrogen and oxygen atoms in total. The average molecular weight is 274 g/mol. The number of ether oxygens (including phenoxy) is 1. The maximum Gasteiger partial charge on any atom is 0.416 e. The summed E-state index contributed by atoms with van der Waals surface area (Å²) >= 11 is 0. The number of nitrogens with one attached hydrogen (secondary N) is 1. The van der Waals surface area contributed by atoms with Gasteiger partial charge in [0.1, 0.15) is 0 Å². The minimum absolute atomic E-state index is 0.138. The van der Waals surface area contributed by atoms with Crippen LogP contribution in [0.4, 0.5) is 13.2 Å². The van der Waals surface area contributed by atoms with Gasteiger partial charge in [-0.15, -0.1) is 0 Å². The first-order valence-electron chi connectivity index (χ1n) is 6.12. The highest BCUT2D eigenvalue weighted by atomic mass is 19.4. The molecule has 1 saturated carbocycles. The van der Waals surface area contributed by atoms with E-state index in [4.69, 9.17) is 10.6 Å². The molecule has 1 aromatic carbocycles. The summed E-state index contributed by atoms with van der Waals surface area (Å²) in [5.41, 5.74) is 1.33. The van der Waals surface area contributed by atoms with Crippen molar-refractivity contribution in [3.63, 3.8) is 0 Å². The van der Waals surface area contributed by atoms with E-state index in [1.54, 1.807) is 6.07 Å². The normalized spacial score (nSPS) is 19.8. The molecule has 0 saturated heterocycles. The number of nitrogens with two attached hydrogens (primary N) is 1. The van der Waals surface area contributed by atoms with Gasteiger partial charge in [0.15, 0.2) is 0 Å². The van der Waals surface area contributed by atoms with E-state index in [2.05, 4.69) is 5.43 Å². The van der Waals surface area contributed by atoms with E-state index in [-0.39, 0.29) is 5.56 Å². The maximum absolute atomic E-state index is 13.0. The van der Waals surface area contributed by atoms with Crippen LogP contribution in [0, 0.1) is 0 Å². The van der Waals surface area contributed by atoms with Gasteiger partial charge in [-0.1, -0.05) is 18.2 Å². The topological polar surface area (TPSA) is 47.3 Å². The zero-order valence-corrected chi connectivity index (χ0v) is 10.6. The monoisotopic (exact) mass is 274 g/mol. The summed E-state index contributed by atoms with van der Waals surface area (Å²) in [4.78, 5) is 0. The highest BCUT2D eigenvalue weighted by Crippen LogP contribution is 2.47. The molecule has 0 spiro atoms. The van der Waals surface area contributed by atoms with Crippen molar-refractivity contribution in [2.75, 3.05) is 7.11 Å². The minimum atomic E-state index is -4.40. The lowest BCUT2D eigenvalue weighted by atomic mass is 9.71. The highest BCUT2D eigenvalue weighted by molar-refractivity contribution is 5.35. The van der Waals surface area contributed by atoms with E-state index < -0.39 is 23.4 Å². The second kappa shape index (κ2) is 5.11. The van der Waals surface area contributed by atoms with Crippen molar-refractivity contribution in [1.29, 1.82) is 0 Å². The van der Waals surface area contributed by atoms with Gasteiger partial charge < -0.3 is 4.74 Å². The van der Waals surface area contributed by atoms with Crippen molar-refractivity contribution in [2.24, 2.45) is 5.84 Å². The van der Waals surface area contributed by atoms with Gasteiger partial charge in [0, 0.05) is 7.11 Å². The molecule has 106 valence electrons. The van der Waals surface area contributed by atoms with Gasteiger partial charge in [0.2, 0.25) is 0 Å². The number of halogens is 3. The van der Waals surface area contributed by atoms with Crippen molar-refractivity contribution in [3.8, 4) is 0 Å². The van der Waals surface area contributed by atoms with Crippen LogP contribution in [0.5, 0.6) is 0 Å². The van der Waals surface area contributed by atoms with Gasteiger partial charge in [-0.2, -0.15) is 13.2 Å². The van der Waals surface area contributed by atoms with Crippen LogP contribution in [-0.2, 0) is 10.9 Å². The van der Waals surface area contributed by atoms with Crippen molar-refractivity contribution in [2.45, 2.75) is 37.1 Å². The molecule has 1 atom stereocenters. The molecule has 1 aliphatic carbocycles. The summed E-state index contributed by atoms with van der Waals surface area (Å²) in [5, 5.41) is 0. The molecule has 1 unspecified atom stereocenters. The fourth-order valence-electron chi connectivity index (χ4n) is 2.67. The van der Waals surface area contributed by atoms with E-state index in [0.717, 1.165) is 12.5 Å². The molecule has 0 radical (unpaired) electrons. The Hall–Kier alpha value is -1.11. The zero-order valence-electron chi connectivity index (χ0n) is 10.6. The summed E-state index contributed by atoms with van der Waals surface area (Å²) in [7, 11) is 1.51. The van der Waals surface area contributed by atoms with Crippen LogP contribution in [0.3, 0.4) is 0 Å². The number of hydrogen-bond acceptors (Lipinski definition) is 3. The SMILES string of the molecule is COC1(C(NN)c2ccccc2C(F)(F)F)CCC1. The van der Waals surface area contributed by atoms with Crippen LogP contribution in [0.15, 0.2) is 24.3 Å². The molecule has 0 aliphatic heterocycles. The molecule has 19 heavy (non-hydrogen) atoms. The van der Waals surface area contributed by atoms with Crippen LogP contribution < -0.4 is 11.3 Å². The van der Waals surface area contributed by atoms with Crippen LogP contribution in [-0.4, -0.2) is 12.7 Å². The lowest BCUT2D eigenvalue weighted by Gasteiger charge is -2.46. The number of hydrazine groups is 1. The van der Waals surface area contributed by atoms with Crippen molar-refractivity contribution in [3.05, 3.63) is 35.4 Å². The Morgan fingerprint density at radius 1 is 1.32 bits per heavy atom. The van der Waals surface area contributed by atoms with Gasteiger partial charge in [0.25, 0.3) is 0 Å². The quantitative estimate of drug-likeness (QED) is 0.655. The summed E-state index contributed by atoms with van der Waals surface area (Å²) < 4.78 is 44.6. The fraction of sp³-hybridized carbons (Fsp3) is 0.538. The summed E-state index contributed by atoms with van der Waals surface area (Å²) in [6.45, 7) is 0. The first-order chi connectivity index (χ1) is 8.94. The third-order valence-electron chi connectivity index (χ3n) is 3.88. The maximum atomic E-state index is 13.0. The van der Waals surface area contributed by atoms with E-state index >= 15 is 0 Å². The molecule has 0 aromatic heterocycles. The second-order valence-corrected chi connectivity index (χ2v) is 4.81. The number of hydrogen-bond donors (Lipinski definition) is 2. The summed E-state index contributed by atoms with van der Waals surface area (Å²) in [5.74, 6) is 5.49. The Bertz CT molecular complexity index is 438. The van der Waals surface area contributed by atoms with Crippen molar-refractivity contribution < 1.29 is 17.9 Å². The molecule has 6 heteroatoms. The predicted molar refractivity (Wildman–Crippen MR) is 65.1 cm³/mol. The molecule has 1 fully saturated rings. The van der Waals surface area contributed by atoms with Crippen LogP contribution in [0.2, 0.25) is 0 Å². The summed E-state index contributed by atoms with van der Waals surface area (Å²) in [6, 6.07) is 4.81. The average Bonchev–Trinajstić information content (AvgIpc) is 2.32. The predicted octanol–water partition coefficient (Wildman–Crippen LogP) is 2.78. The Morgan fingerprint density at radius 3 is 2.37 bits per heavy atom. The van der Waals surface area contributed by atoms with E-state index in [9.17, 15) is 13.2 Å². The van der Waals surface area contributed by atoms with Crippen molar-refractivity contribution in [1.82, 2.24) is 5.43 Å². The van der Waals surface area contributed by atoms with Crippen molar-refractivity contribution >= 4 is 0 Å². The molecular weight excluding hydrogens is 257 g/mol. The molecule has 1 aromatic rings. The van der Waals surface area contributed by atoms with E-state index in [1.807, 2.05) is 0 Å². The van der Waals surface area contributed by atoms with Gasteiger partial charge in [-0.3, -0.25) is 11.3 Å². The van der Waals surface area contributed by atoms with E-state index in [0.29, 0.717) is 12.8 Å². The smallest absolute Gasteiger partial charge is 0.376 e. The zero-order chi connectivity index (χ0) is 14.1. The Labute approximate surface area is 109 Å². The Morgan fingerprint density at radius 2 is 1.95 bits per heavy atom. The standard InChI is InChI=1S/C13H17F3N2O/c1-19-12(7-4-8-12)11(18-17)9-5-2-3-6-10(9)13(14,15)16/h2-3,5-6,11,18H,4,7-8,17H2,1H3.